The molecule has 138 valence electrons. The predicted molar refractivity (Wildman–Crippen MR) is 108 cm³/mol. The van der Waals surface area contributed by atoms with E-state index in [0.717, 1.165) is 56.8 Å². The Balaban J connectivity index is 1.41. The fraction of sp³-hybridized carbons (Fsp3) is 0.381. The average molecular weight is 372 g/mol. The number of carbonyl (C=O) groups excluding carboxylic acids is 1. The summed E-state index contributed by atoms with van der Waals surface area (Å²) in [7, 11) is 0. The minimum absolute atomic E-state index is 0.0423. The highest BCUT2D eigenvalue weighted by Gasteiger charge is 2.21. The number of carbonyl (C=O) groups is 1. The highest BCUT2D eigenvalue weighted by atomic mass is 35.5. The molecule has 5 heteroatoms. The van der Waals surface area contributed by atoms with Gasteiger partial charge < -0.3 is 10.2 Å². The van der Waals surface area contributed by atoms with Crippen molar-refractivity contribution in [3.63, 3.8) is 0 Å². The van der Waals surface area contributed by atoms with Gasteiger partial charge in [-0.1, -0.05) is 48.0 Å². The number of amides is 2. The highest BCUT2D eigenvalue weighted by Crippen LogP contribution is 2.20. The van der Waals surface area contributed by atoms with E-state index in [9.17, 15) is 4.79 Å². The summed E-state index contributed by atoms with van der Waals surface area (Å²) in [6, 6.07) is 16.1. The maximum absolute atomic E-state index is 12.5. The number of anilines is 1. The number of aryl methyl sites for hydroxylation is 2. The van der Waals surface area contributed by atoms with E-state index in [-0.39, 0.29) is 6.03 Å². The Bertz CT molecular complexity index is 727. The van der Waals surface area contributed by atoms with Crippen LogP contribution in [-0.2, 0) is 6.42 Å². The summed E-state index contributed by atoms with van der Waals surface area (Å²) in [5.41, 5.74) is 3.19. The number of hydrogen-bond donors (Lipinski definition) is 1. The molecule has 0 aliphatic carbocycles. The van der Waals surface area contributed by atoms with Crippen LogP contribution in [0, 0.1) is 6.92 Å². The lowest BCUT2D eigenvalue weighted by Gasteiger charge is -2.34. The summed E-state index contributed by atoms with van der Waals surface area (Å²) in [4.78, 5) is 16.8. The van der Waals surface area contributed by atoms with Crippen molar-refractivity contribution in [2.45, 2.75) is 19.8 Å². The van der Waals surface area contributed by atoms with E-state index in [4.69, 9.17) is 11.6 Å². The van der Waals surface area contributed by atoms with Crippen LogP contribution in [0.2, 0.25) is 5.02 Å². The highest BCUT2D eigenvalue weighted by molar-refractivity contribution is 6.31. The molecule has 1 saturated heterocycles. The molecule has 0 spiro atoms. The normalized spacial score (nSPS) is 15.1. The summed E-state index contributed by atoms with van der Waals surface area (Å²) < 4.78 is 0. The fourth-order valence-electron chi connectivity index (χ4n) is 3.25. The molecule has 2 aromatic carbocycles. The molecule has 0 radical (unpaired) electrons. The lowest BCUT2D eigenvalue weighted by Crippen LogP contribution is -2.50. The van der Waals surface area contributed by atoms with Crippen LogP contribution in [0.1, 0.15) is 17.5 Å². The predicted octanol–water partition coefficient (Wildman–Crippen LogP) is 4.43. The maximum Gasteiger partial charge on any atom is 0.321 e. The monoisotopic (exact) mass is 371 g/mol. The third-order valence-corrected chi connectivity index (χ3v) is 5.12. The van der Waals surface area contributed by atoms with Gasteiger partial charge in [0, 0.05) is 36.9 Å². The molecule has 1 aliphatic rings. The molecule has 0 unspecified atom stereocenters. The number of urea groups is 1. The minimum Gasteiger partial charge on any atom is -0.322 e. The largest absolute Gasteiger partial charge is 0.322 e. The van der Waals surface area contributed by atoms with Crippen LogP contribution in [0.3, 0.4) is 0 Å². The van der Waals surface area contributed by atoms with E-state index < -0.39 is 0 Å². The lowest BCUT2D eigenvalue weighted by molar-refractivity contribution is 0.146. The van der Waals surface area contributed by atoms with Crippen molar-refractivity contribution < 1.29 is 4.79 Å². The van der Waals surface area contributed by atoms with Crippen molar-refractivity contribution in [1.82, 2.24) is 9.80 Å². The Kier molecular flexibility index (Phi) is 6.53. The maximum atomic E-state index is 12.5. The van der Waals surface area contributed by atoms with Crippen LogP contribution < -0.4 is 5.32 Å². The SMILES string of the molecule is Cc1ccc(Cl)cc1NC(=O)N1CCN(CCCc2ccccc2)CC1. The van der Waals surface area contributed by atoms with Gasteiger partial charge in [-0.05, 0) is 49.6 Å². The van der Waals surface area contributed by atoms with E-state index in [0.29, 0.717) is 5.02 Å². The number of benzene rings is 2. The van der Waals surface area contributed by atoms with E-state index in [1.165, 1.54) is 5.56 Å². The summed E-state index contributed by atoms with van der Waals surface area (Å²) >= 11 is 6.03. The molecular formula is C21H26ClN3O. The summed E-state index contributed by atoms with van der Waals surface area (Å²) in [6.45, 7) is 6.43. The van der Waals surface area contributed by atoms with Crippen molar-refractivity contribution in [3.05, 3.63) is 64.7 Å². The number of hydrogen-bond acceptors (Lipinski definition) is 2. The van der Waals surface area contributed by atoms with Crippen LogP contribution in [0.15, 0.2) is 48.5 Å². The van der Waals surface area contributed by atoms with Gasteiger partial charge in [-0.3, -0.25) is 4.90 Å². The molecule has 2 aromatic rings. The smallest absolute Gasteiger partial charge is 0.321 e. The molecule has 4 nitrogen and oxygen atoms in total. The second-order valence-corrected chi connectivity index (χ2v) is 7.24. The first-order valence-electron chi connectivity index (χ1n) is 9.20. The van der Waals surface area contributed by atoms with Crippen molar-refractivity contribution in [2.24, 2.45) is 0 Å². The standard InChI is InChI=1S/C21H26ClN3O/c1-17-9-10-19(22)16-20(17)23-21(26)25-14-12-24(13-15-25)11-5-8-18-6-3-2-4-7-18/h2-4,6-7,9-10,16H,5,8,11-15H2,1H3,(H,23,26). The summed E-state index contributed by atoms with van der Waals surface area (Å²) in [5, 5.41) is 3.62. The Hall–Kier alpha value is -2.04. The van der Waals surface area contributed by atoms with Crippen molar-refractivity contribution >= 4 is 23.3 Å². The molecule has 1 fully saturated rings. The van der Waals surface area contributed by atoms with Crippen LogP contribution in [0.25, 0.3) is 0 Å². The number of halogens is 1. The Morgan fingerprint density at radius 2 is 1.81 bits per heavy atom. The second kappa shape index (κ2) is 9.06. The molecule has 0 saturated carbocycles. The topological polar surface area (TPSA) is 35.6 Å². The van der Waals surface area contributed by atoms with E-state index in [1.807, 2.05) is 24.0 Å². The quantitative estimate of drug-likeness (QED) is 0.843. The fourth-order valence-corrected chi connectivity index (χ4v) is 3.42. The molecular weight excluding hydrogens is 346 g/mol. The summed E-state index contributed by atoms with van der Waals surface area (Å²) in [5.74, 6) is 0. The van der Waals surface area contributed by atoms with Crippen molar-refractivity contribution in [2.75, 3.05) is 38.0 Å². The molecule has 3 rings (SSSR count). The molecule has 26 heavy (non-hydrogen) atoms. The number of rotatable bonds is 5. The summed E-state index contributed by atoms with van der Waals surface area (Å²) in [6.07, 6.45) is 2.26. The lowest BCUT2D eigenvalue weighted by atomic mass is 10.1. The van der Waals surface area contributed by atoms with Crippen LogP contribution in [0.5, 0.6) is 0 Å². The molecule has 1 N–H and O–H groups in total. The zero-order valence-electron chi connectivity index (χ0n) is 15.2. The van der Waals surface area contributed by atoms with Gasteiger partial charge in [0.25, 0.3) is 0 Å². The first kappa shape index (κ1) is 18.7. The number of nitrogens with zero attached hydrogens (tertiary/aromatic N) is 2. The van der Waals surface area contributed by atoms with Gasteiger partial charge >= 0.3 is 6.03 Å². The van der Waals surface area contributed by atoms with Gasteiger partial charge in [0.1, 0.15) is 0 Å². The molecule has 0 bridgehead atoms. The molecule has 0 aromatic heterocycles. The van der Waals surface area contributed by atoms with Crippen LogP contribution >= 0.6 is 11.6 Å². The van der Waals surface area contributed by atoms with Gasteiger partial charge in [-0.2, -0.15) is 0 Å². The second-order valence-electron chi connectivity index (χ2n) is 6.81. The first-order valence-corrected chi connectivity index (χ1v) is 9.58. The van der Waals surface area contributed by atoms with E-state index >= 15 is 0 Å². The molecule has 0 atom stereocenters. The van der Waals surface area contributed by atoms with Gasteiger partial charge in [0.2, 0.25) is 0 Å². The van der Waals surface area contributed by atoms with Crippen molar-refractivity contribution in [1.29, 1.82) is 0 Å². The number of nitrogens with one attached hydrogen (secondary N) is 1. The average Bonchev–Trinajstić information content (AvgIpc) is 2.66. The van der Waals surface area contributed by atoms with Gasteiger partial charge in [0.05, 0.1) is 0 Å². The first-order chi connectivity index (χ1) is 12.6. The Morgan fingerprint density at radius 1 is 1.08 bits per heavy atom. The molecule has 1 heterocycles. The third-order valence-electron chi connectivity index (χ3n) is 4.88. The van der Waals surface area contributed by atoms with Crippen LogP contribution in [-0.4, -0.2) is 48.6 Å². The zero-order valence-corrected chi connectivity index (χ0v) is 16.0. The number of piperazine rings is 1. The van der Waals surface area contributed by atoms with Crippen molar-refractivity contribution in [3.8, 4) is 0 Å². The van der Waals surface area contributed by atoms with Gasteiger partial charge in [-0.15, -0.1) is 0 Å². The molecule has 1 aliphatic heterocycles. The minimum atomic E-state index is -0.0423. The van der Waals surface area contributed by atoms with E-state index in [2.05, 4.69) is 40.5 Å². The molecule has 2 amide bonds. The van der Waals surface area contributed by atoms with Gasteiger partial charge in [0.15, 0.2) is 0 Å². The third kappa shape index (κ3) is 5.23. The Labute approximate surface area is 160 Å². The van der Waals surface area contributed by atoms with Crippen LogP contribution in [0.4, 0.5) is 10.5 Å². The van der Waals surface area contributed by atoms with E-state index in [1.54, 1.807) is 6.07 Å². The zero-order chi connectivity index (χ0) is 18.4. The van der Waals surface area contributed by atoms with Gasteiger partial charge in [-0.25, -0.2) is 4.79 Å². The Morgan fingerprint density at radius 3 is 2.54 bits per heavy atom.